The van der Waals surface area contributed by atoms with Gasteiger partial charge >= 0.3 is 6.03 Å². The molecule has 1 aromatic heterocycles. The molecule has 0 aliphatic heterocycles. The lowest BCUT2D eigenvalue weighted by atomic mass is 9.54. The maximum Gasteiger partial charge on any atom is 0.324 e. The van der Waals surface area contributed by atoms with Crippen molar-refractivity contribution in [2.45, 2.75) is 51.1 Å². The molecule has 2 N–H and O–H groups in total. The summed E-state index contributed by atoms with van der Waals surface area (Å²) in [5.74, 6) is 3.48. The van der Waals surface area contributed by atoms with Crippen LogP contribution in [0.15, 0.2) is 42.7 Å². The first-order valence-electron chi connectivity index (χ1n) is 11.7. The van der Waals surface area contributed by atoms with Gasteiger partial charge in [-0.2, -0.15) is 0 Å². The summed E-state index contributed by atoms with van der Waals surface area (Å²) in [5.41, 5.74) is 1.61. The van der Waals surface area contributed by atoms with Gasteiger partial charge in [-0.3, -0.25) is 9.69 Å². The van der Waals surface area contributed by atoms with Gasteiger partial charge in [-0.05, 0) is 86.5 Å². The van der Waals surface area contributed by atoms with Gasteiger partial charge in [0.15, 0.2) is 0 Å². The highest BCUT2D eigenvalue weighted by atomic mass is 16.2. The number of nitrogens with zero attached hydrogens (tertiary/aromatic N) is 3. The lowest BCUT2D eigenvalue weighted by molar-refractivity contribution is -0.0119. The highest BCUT2D eigenvalue weighted by Gasteiger charge is 2.48. The van der Waals surface area contributed by atoms with Crippen LogP contribution < -0.4 is 15.5 Å². The fraction of sp³-hybridized carbons (Fsp3) is 0.520. The van der Waals surface area contributed by atoms with Crippen LogP contribution in [0.4, 0.5) is 10.7 Å². The van der Waals surface area contributed by atoms with Gasteiger partial charge in [0.25, 0.3) is 5.91 Å². The third-order valence-corrected chi connectivity index (χ3v) is 7.69. The zero-order chi connectivity index (χ0) is 22.2. The monoisotopic (exact) mass is 433 g/mol. The van der Waals surface area contributed by atoms with Crippen molar-refractivity contribution >= 4 is 17.9 Å². The highest BCUT2D eigenvalue weighted by molar-refractivity contribution is 5.94. The summed E-state index contributed by atoms with van der Waals surface area (Å²) in [6, 6.07) is 9.08. The predicted octanol–water partition coefficient (Wildman–Crippen LogP) is 3.94. The Morgan fingerprint density at radius 1 is 0.969 bits per heavy atom. The Hall–Kier alpha value is -2.96. The summed E-state index contributed by atoms with van der Waals surface area (Å²) in [6.07, 6.45) is 9.77. The maximum atomic E-state index is 12.9. The molecule has 1 heterocycles. The molecule has 4 saturated carbocycles. The number of hydrogen-bond acceptors (Lipinski definition) is 4. The summed E-state index contributed by atoms with van der Waals surface area (Å²) in [6.45, 7) is 1.92. The molecule has 168 valence electrons. The highest BCUT2D eigenvalue weighted by Crippen LogP contribution is 2.53. The molecule has 1 aromatic carbocycles. The molecule has 3 amide bonds. The molecule has 0 saturated heterocycles. The molecule has 7 nitrogen and oxygen atoms in total. The van der Waals surface area contributed by atoms with Gasteiger partial charge in [0, 0.05) is 31.0 Å². The van der Waals surface area contributed by atoms with E-state index in [1.54, 1.807) is 25.5 Å². The van der Waals surface area contributed by atoms with Crippen LogP contribution in [0.1, 0.15) is 61.0 Å². The number of aromatic nitrogens is 2. The number of benzene rings is 1. The zero-order valence-electron chi connectivity index (χ0n) is 18.7. The summed E-state index contributed by atoms with van der Waals surface area (Å²) in [4.78, 5) is 35.0. The van der Waals surface area contributed by atoms with E-state index < -0.39 is 0 Å². The first-order chi connectivity index (χ1) is 15.5. The van der Waals surface area contributed by atoms with Crippen LogP contribution in [0, 0.1) is 23.7 Å². The SMILES string of the molecule is CC(NC(=O)N(C)c1ncccn1)c1ccc(C(=O)NC2C3CC4CC(C3)CC2C4)cc1. The van der Waals surface area contributed by atoms with Crippen molar-refractivity contribution in [2.75, 3.05) is 11.9 Å². The Bertz CT molecular complexity index is 950. The Balaban J connectivity index is 1.18. The molecule has 4 bridgehead atoms. The van der Waals surface area contributed by atoms with E-state index in [-0.39, 0.29) is 18.0 Å². The van der Waals surface area contributed by atoms with E-state index in [2.05, 4.69) is 20.6 Å². The van der Waals surface area contributed by atoms with Gasteiger partial charge in [0.1, 0.15) is 0 Å². The van der Waals surface area contributed by atoms with Crippen LogP contribution >= 0.6 is 0 Å². The fourth-order valence-electron chi connectivity index (χ4n) is 6.24. The van der Waals surface area contributed by atoms with Crippen LogP contribution in [0.2, 0.25) is 0 Å². The van der Waals surface area contributed by atoms with Gasteiger partial charge in [-0.1, -0.05) is 12.1 Å². The van der Waals surface area contributed by atoms with E-state index in [1.807, 2.05) is 31.2 Å². The second-order valence-corrected chi connectivity index (χ2v) is 9.83. The van der Waals surface area contributed by atoms with Crippen LogP contribution in [0.25, 0.3) is 0 Å². The van der Waals surface area contributed by atoms with Crippen molar-refractivity contribution < 1.29 is 9.59 Å². The lowest BCUT2D eigenvalue weighted by Crippen LogP contribution is -2.55. The molecule has 6 rings (SSSR count). The van der Waals surface area contributed by atoms with Gasteiger partial charge in [0.05, 0.1) is 6.04 Å². The topological polar surface area (TPSA) is 87.2 Å². The number of hydrogen-bond donors (Lipinski definition) is 2. The van der Waals surface area contributed by atoms with Crippen LogP contribution in [-0.2, 0) is 0 Å². The van der Waals surface area contributed by atoms with Gasteiger partial charge < -0.3 is 10.6 Å². The van der Waals surface area contributed by atoms with Crippen molar-refractivity contribution in [3.8, 4) is 0 Å². The molecular weight excluding hydrogens is 402 g/mol. The van der Waals surface area contributed by atoms with E-state index >= 15 is 0 Å². The summed E-state index contributed by atoms with van der Waals surface area (Å²) in [7, 11) is 1.63. The van der Waals surface area contributed by atoms with E-state index in [9.17, 15) is 9.59 Å². The fourth-order valence-corrected chi connectivity index (χ4v) is 6.24. The Labute approximate surface area is 189 Å². The van der Waals surface area contributed by atoms with E-state index in [0.29, 0.717) is 29.4 Å². The molecule has 0 spiro atoms. The molecule has 1 atom stereocenters. The normalized spacial score (nSPS) is 28.8. The molecule has 4 fully saturated rings. The van der Waals surface area contributed by atoms with Crippen molar-refractivity contribution in [3.05, 3.63) is 53.9 Å². The molecule has 2 aromatic rings. The van der Waals surface area contributed by atoms with Crippen LogP contribution in [-0.4, -0.2) is 35.0 Å². The van der Waals surface area contributed by atoms with E-state index in [0.717, 1.165) is 17.4 Å². The first kappa shape index (κ1) is 20.9. The molecule has 32 heavy (non-hydrogen) atoms. The molecule has 4 aliphatic carbocycles. The summed E-state index contributed by atoms with van der Waals surface area (Å²) in [5, 5.41) is 6.31. The summed E-state index contributed by atoms with van der Waals surface area (Å²) >= 11 is 0. The largest absolute Gasteiger partial charge is 0.349 e. The minimum absolute atomic E-state index is 0.0201. The minimum Gasteiger partial charge on any atom is -0.349 e. The van der Waals surface area contributed by atoms with Crippen molar-refractivity contribution in [2.24, 2.45) is 23.7 Å². The number of carbonyl (C=O) groups excluding carboxylic acids is 2. The predicted molar refractivity (Wildman–Crippen MR) is 122 cm³/mol. The average molecular weight is 434 g/mol. The molecular formula is C25H31N5O2. The van der Waals surface area contributed by atoms with Crippen molar-refractivity contribution in [1.82, 2.24) is 20.6 Å². The quantitative estimate of drug-likeness (QED) is 0.748. The Kier molecular flexibility index (Phi) is 5.57. The maximum absolute atomic E-state index is 12.9. The average Bonchev–Trinajstić information content (AvgIpc) is 2.81. The van der Waals surface area contributed by atoms with Crippen molar-refractivity contribution in [3.63, 3.8) is 0 Å². The third-order valence-electron chi connectivity index (χ3n) is 7.69. The molecule has 4 aliphatic rings. The number of amides is 3. The molecule has 7 heteroatoms. The standard InChI is InChI=1S/C25H31N5O2/c1-15(28-25(32)30(2)24-26-8-3-9-27-24)18-4-6-19(7-5-18)23(31)29-22-20-11-16-10-17(13-20)14-21(22)12-16/h3-9,15-17,20-22H,10-14H2,1-2H3,(H,28,32)(H,29,31). The first-order valence-corrected chi connectivity index (χ1v) is 11.7. The number of urea groups is 1. The van der Waals surface area contributed by atoms with Crippen molar-refractivity contribution in [1.29, 1.82) is 0 Å². The number of nitrogens with one attached hydrogen (secondary N) is 2. The van der Waals surface area contributed by atoms with E-state index in [1.165, 1.54) is 37.0 Å². The van der Waals surface area contributed by atoms with Crippen LogP contribution in [0.5, 0.6) is 0 Å². The minimum atomic E-state index is -0.285. The second kappa shape index (κ2) is 8.52. The Morgan fingerprint density at radius 2 is 1.56 bits per heavy atom. The molecule has 0 radical (unpaired) electrons. The number of anilines is 1. The summed E-state index contributed by atoms with van der Waals surface area (Å²) < 4.78 is 0. The molecule has 1 unspecified atom stereocenters. The Morgan fingerprint density at radius 3 is 2.16 bits per heavy atom. The zero-order valence-corrected chi connectivity index (χ0v) is 18.7. The lowest BCUT2D eigenvalue weighted by Gasteiger charge is -2.54. The second-order valence-electron chi connectivity index (χ2n) is 9.83. The van der Waals surface area contributed by atoms with Gasteiger partial charge in [0.2, 0.25) is 5.95 Å². The third kappa shape index (κ3) is 4.08. The van der Waals surface area contributed by atoms with Gasteiger partial charge in [-0.15, -0.1) is 0 Å². The van der Waals surface area contributed by atoms with Gasteiger partial charge in [-0.25, -0.2) is 14.8 Å². The van der Waals surface area contributed by atoms with Crippen LogP contribution in [0.3, 0.4) is 0 Å². The smallest absolute Gasteiger partial charge is 0.324 e. The number of rotatable bonds is 5. The van der Waals surface area contributed by atoms with E-state index in [4.69, 9.17) is 0 Å². The number of carbonyl (C=O) groups is 2.